The third-order valence-corrected chi connectivity index (χ3v) is 4.25. The SMILES string of the molecule is Cc1cccc(C)c1CN[C@@H](C)c1cccs1. The van der Waals surface area contributed by atoms with Crippen LogP contribution in [0.25, 0.3) is 0 Å². The van der Waals surface area contributed by atoms with Gasteiger partial charge in [0.15, 0.2) is 0 Å². The van der Waals surface area contributed by atoms with Gasteiger partial charge in [-0.1, -0.05) is 24.3 Å². The van der Waals surface area contributed by atoms with Crippen molar-refractivity contribution in [3.8, 4) is 0 Å². The molecule has 0 aliphatic carbocycles. The van der Waals surface area contributed by atoms with E-state index in [1.807, 2.05) is 11.3 Å². The van der Waals surface area contributed by atoms with Crippen molar-refractivity contribution in [2.45, 2.75) is 33.4 Å². The van der Waals surface area contributed by atoms with E-state index in [0.717, 1.165) is 6.54 Å². The van der Waals surface area contributed by atoms with Crippen LogP contribution in [0.15, 0.2) is 35.7 Å². The minimum Gasteiger partial charge on any atom is -0.305 e. The van der Waals surface area contributed by atoms with Gasteiger partial charge < -0.3 is 5.32 Å². The van der Waals surface area contributed by atoms with Crippen LogP contribution >= 0.6 is 11.3 Å². The molecule has 90 valence electrons. The van der Waals surface area contributed by atoms with Crippen LogP contribution in [0.5, 0.6) is 0 Å². The molecule has 1 heterocycles. The molecule has 0 saturated heterocycles. The van der Waals surface area contributed by atoms with Gasteiger partial charge in [-0.25, -0.2) is 0 Å². The van der Waals surface area contributed by atoms with Crippen molar-refractivity contribution >= 4 is 11.3 Å². The van der Waals surface area contributed by atoms with E-state index in [1.165, 1.54) is 21.6 Å². The van der Waals surface area contributed by atoms with E-state index in [9.17, 15) is 0 Å². The molecule has 2 rings (SSSR count). The maximum Gasteiger partial charge on any atom is 0.0388 e. The summed E-state index contributed by atoms with van der Waals surface area (Å²) in [5.74, 6) is 0. The number of aryl methyl sites for hydroxylation is 2. The topological polar surface area (TPSA) is 12.0 Å². The van der Waals surface area contributed by atoms with Crippen LogP contribution in [0.4, 0.5) is 0 Å². The summed E-state index contributed by atoms with van der Waals surface area (Å²) < 4.78 is 0. The molecule has 1 aromatic heterocycles. The predicted octanol–water partition coefficient (Wildman–Crippen LogP) is 4.22. The highest BCUT2D eigenvalue weighted by atomic mass is 32.1. The summed E-state index contributed by atoms with van der Waals surface area (Å²) in [5, 5.41) is 5.72. The van der Waals surface area contributed by atoms with Crippen molar-refractivity contribution in [3.63, 3.8) is 0 Å². The Balaban J connectivity index is 2.03. The van der Waals surface area contributed by atoms with E-state index in [-0.39, 0.29) is 0 Å². The summed E-state index contributed by atoms with van der Waals surface area (Å²) in [6.07, 6.45) is 0. The standard InChI is InChI=1S/C15H19NS/c1-11-6-4-7-12(2)14(11)10-16-13(3)15-8-5-9-17-15/h4-9,13,16H,10H2,1-3H3/t13-/m0/s1. The Bertz CT molecular complexity index is 453. The van der Waals surface area contributed by atoms with Gasteiger partial charge in [-0.3, -0.25) is 0 Å². The molecular weight excluding hydrogens is 226 g/mol. The zero-order valence-electron chi connectivity index (χ0n) is 10.7. The van der Waals surface area contributed by atoms with Crippen molar-refractivity contribution in [2.24, 2.45) is 0 Å². The van der Waals surface area contributed by atoms with Crippen LogP contribution in [-0.4, -0.2) is 0 Å². The molecule has 0 saturated carbocycles. The highest BCUT2D eigenvalue weighted by Gasteiger charge is 2.07. The predicted molar refractivity (Wildman–Crippen MR) is 75.5 cm³/mol. The molecule has 1 N–H and O–H groups in total. The van der Waals surface area contributed by atoms with E-state index in [4.69, 9.17) is 0 Å². The van der Waals surface area contributed by atoms with E-state index in [1.54, 1.807) is 0 Å². The zero-order valence-corrected chi connectivity index (χ0v) is 11.5. The van der Waals surface area contributed by atoms with Crippen molar-refractivity contribution in [1.82, 2.24) is 5.32 Å². The summed E-state index contributed by atoms with van der Waals surface area (Å²) in [4.78, 5) is 1.40. The first-order chi connectivity index (χ1) is 8.18. The van der Waals surface area contributed by atoms with Crippen molar-refractivity contribution < 1.29 is 0 Å². The molecule has 0 aliphatic heterocycles. The van der Waals surface area contributed by atoms with Crippen molar-refractivity contribution in [2.75, 3.05) is 0 Å². The monoisotopic (exact) mass is 245 g/mol. The maximum atomic E-state index is 3.59. The first-order valence-corrected chi connectivity index (χ1v) is 6.88. The molecule has 0 bridgehead atoms. The highest BCUT2D eigenvalue weighted by molar-refractivity contribution is 7.10. The lowest BCUT2D eigenvalue weighted by Crippen LogP contribution is -2.18. The maximum absolute atomic E-state index is 3.59. The van der Waals surface area contributed by atoms with E-state index in [2.05, 4.69) is 61.8 Å². The quantitative estimate of drug-likeness (QED) is 0.850. The fourth-order valence-electron chi connectivity index (χ4n) is 2.02. The molecule has 2 aromatic rings. The van der Waals surface area contributed by atoms with Crippen LogP contribution in [-0.2, 0) is 6.54 Å². The van der Waals surface area contributed by atoms with Crippen LogP contribution in [0.2, 0.25) is 0 Å². The van der Waals surface area contributed by atoms with Crippen LogP contribution in [0.1, 0.15) is 34.5 Å². The second kappa shape index (κ2) is 5.48. The minimum absolute atomic E-state index is 0.425. The molecule has 0 spiro atoms. The van der Waals surface area contributed by atoms with Gasteiger partial charge in [-0.15, -0.1) is 11.3 Å². The number of benzene rings is 1. The number of hydrogen-bond donors (Lipinski definition) is 1. The smallest absolute Gasteiger partial charge is 0.0388 e. The van der Waals surface area contributed by atoms with Crippen LogP contribution in [0, 0.1) is 13.8 Å². The minimum atomic E-state index is 0.425. The highest BCUT2D eigenvalue weighted by Crippen LogP contribution is 2.20. The Morgan fingerprint density at radius 2 is 1.82 bits per heavy atom. The molecule has 2 heteroatoms. The van der Waals surface area contributed by atoms with Gasteiger partial charge in [0.1, 0.15) is 0 Å². The number of hydrogen-bond acceptors (Lipinski definition) is 2. The summed E-state index contributed by atoms with van der Waals surface area (Å²) in [5.41, 5.74) is 4.17. The van der Waals surface area contributed by atoms with E-state index >= 15 is 0 Å². The van der Waals surface area contributed by atoms with Gasteiger partial charge >= 0.3 is 0 Å². The Labute approximate surface area is 108 Å². The summed E-state index contributed by atoms with van der Waals surface area (Å²) in [6, 6.07) is 11.2. The lowest BCUT2D eigenvalue weighted by molar-refractivity contribution is 0.580. The van der Waals surface area contributed by atoms with E-state index < -0.39 is 0 Å². The van der Waals surface area contributed by atoms with Gasteiger partial charge in [0, 0.05) is 17.5 Å². The zero-order chi connectivity index (χ0) is 12.3. The van der Waals surface area contributed by atoms with Crippen molar-refractivity contribution in [1.29, 1.82) is 0 Å². The molecular formula is C15H19NS. The Hall–Kier alpha value is -1.12. The van der Waals surface area contributed by atoms with Crippen molar-refractivity contribution in [3.05, 3.63) is 57.3 Å². The molecule has 1 atom stereocenters. The fraction of sp³-hybridized carbons (Fsp3) is 0.333. The van der Waals surface area contributed by atoms with Crippen LogP contribution < -0.4 is 5.32 Å². The third kappa shape index (κ3) is 2.96. The molecule has 1 nitrogen and oxygen atoms in total. The number of thiophene rings is 1. The number of nitrogens with one attached hydrogen (secondary N) is 1. The molecule has 0 amide bonds. The lowest BCUT2D eigenvalue weighted by Gasteiger charge is -2.15. The van der Waals surface area contributed by atoms with E-state index in [0.29, 0.717) is 6.04 Å². The summed E-state index contributed by atoms with van der Waals surface area (Å²) in [6.45, 7) is 7.52. The Kier molecular flexibility index (Phi) is 3.97. The second-order valence-corrected chi connectivity index (χ2v) is 5.47. The fourth-order valence-corrected chi connectivity index (χ4v) is 2.78. The molecule has 0 radical (unpaired) electrons. The largest absolute Gasteiger partial charge is 0.305 e. The normalized spacial score (nSPS) is 12.6. The Morgan fingerprint density at radius 1 is 1.12 bits per heavy atom. The molecule has 0 fully saturated rings. The molecule has 0 aliphatic rings. The Morgan fingerprint density at radius 3 is 2.41 bits per heavy atom. The number of rotatable bonds is 4. The van der Waals surface area contributed by atoms with Gasteiger partial charge in [0.2, 0.25) is 0 Å². The first kappa shape index (κ1) is 12.3. The van der Waals surface area contributed by atoms with Gasteiger partial charge in [-0.05, 0) is 48.9 Å². The third-order valence-electron chi connectivity index (χ3n) is 3.20. The van der Waals surface area contributed by atoms with Crippen LogP contribution in [0.3, 0.4) is 0 Å². The molecule has 17 heavy (non-hydrogen) atoms. The van der Waals surface area contributed by atoms with Gasteiger partial charge in [-0.2, -0.15) is 0 Å². The first-order valence-electron chi connectivity index (χ1n) is 6.00. The second-order valence-electron chi connectivity index (χ2n) is 4.49. The molecule has 1 aromatic carbocycles. The summed E-state index contributed by atoms with van der Waals surface area (Å²) >= 11 is 1.81. The van der Waals surface area contributed by atoms with Gasteiger partial charge in [0.05, 0.1) is 0 Å². The van der Waals surface area contributed by atoms with Gasteiger partial charge in [0.25, 0.3) is 0 Å². The average molecular weight is 245 g/mol. The average Bonchev–Trinajstić information content (AvgIpc) is 2.81. The molecule has 0 unspecified atom stereocenters. The summed E-state index contributed by atoms with van der Waals surface area (Å²) in [7, 11) is 0. The lowest BCUT2D eigenvalue weighted by atomic mass is 10.0.